The fourth-order valence-corrected chi connectivity index (χ4v) is 0.806. The lowest BCUT2D eigenvalue weighted by molar-refractivity contribution is 0.148. The van der Waals surface area contributed by atoms with Crippen LogP contribution in [-0.4, -0.2) is 4.98 Å². The van der Waals surface area contributed by atoms with Crippen molar-refractivity contribution < 1.29 is 17.6 Å². The van der Waals surface area contributed by atoms with E-state index in [1.807, 2.05) is 0 Å². The van der Waals surface area contributed by atoms with Crippen LogP contribution in [0.15, 0.2) is 12.4 Å². The molecule has 0 atom stereocenters. The largest absolute Gasteiger partial charge is 0.265 e. The summed E-state index contributed by atoms with van der Waals surface area (Å²) in [7, 11) is 0. The van der Waals surface area contributed by atoms with Crippen molar-refractivity contribution in [1.29, 1.82) is 0 Å². The quantitative estimate of drug-likeness (QED) is 0.636. The average Bonchev–Trinajstić information content (AvgIpc) is 2.03. The normalized spacial score (nSPS) is 10.8. The molecule has 0 aliphatic heterocycles. The van der Waals surface area contributed by atoms with E-state index in [-0.39, 0.29) is 0 Å². The third kappa shape index (κ3) is 1.54. The van der Waals surface area contributed by atoms with Crippen molar-refractivity contribution in [3.8, 4) is 0 Å². The predicted molar refractivity (Wildman–Crippen MR) is 34.0 cm³/mol. The van der Waals surface area contributed by atoms with Crippen molar-refractivity contribution in [3.05, 3.63) is 29.3 Å². The molecule has 1 rings (SSSR count). The minimum Gasteiger partial charge on any atom is -0.261 e. The van der Waals surface area contributed by atoms with E-state index in [0.29, 0.717) is 6.20 Å². The molecule has 0 aromatic carbocycles. The van der Waals surface area contributed by atoms with Crippen LogP contribution in [0.3, 0.4) is 0 Å². The first kappa shape index (κ1) is 8.96. The minimum absolute atomic E-state index is 0.611. The van der Waals surface area contributed by atoms with Gasteiger partial charge in [-0.15, -0.1) is 0 Å². The van der Waals surface area contributed by atoms with Crippen molar-refractivity contribution in [2.24, 2.45) is 0 Å². The summed E-state index contributed by atoms with van der Waals surface area (Å²) in [5.41, 5.74) is -1.29. The molecule has 5 heteroatoms. The molecular formula is C7H5F4N. The van der Waals surface area contributed by atoms with Gasteiger partial charge in [0.05, 0.1) is 6.20 Å². The molecule has 0 saturated heterocycles. The lowest BCUT2D eigenvalue weighted by Gasteiger charge is -2.04. The van der Waals surface area contributed by atoms with Crippen LogP contribution in [0.2, 0.25) is 0 Å². The first-order valence-electron chi connectivity index (χ1n) is 3.13. The van der Waals surface area contributed by atoms with E-state index in [1.165, 1.54) is 0 Å². The molecular weight excluding hydrogens is 174 g/mol. The van der Waals surface area contributed by atoms with E-state index in [1.54, 1.807) is 0 Å². The Balaban J connectivity index is 3.18. The second-order valence-corrected chi connectivity index (χ2v) is 2.12. The molecule has 0 aliphatic rings. The minimum atomic E-state index is -2.89. The molecule has 12 heavy (non-hydrogen) atoms. The van der Waals surface area contributed by atoms with Crippen LogP contribution in [0.4, 0.5) is 17.6 Å². The lowest BCUT2D eigenvalue weighted by Crippen LogP contribution is -1.97. The Morgan fingerprint density at radius 2 is 2.00 bits per heavy atom. The summed E-state index contributed by atoms with van der Waals surface area (Å²) in [6.45, 7) is -1.24. The number of pyridine rings is 1. The van der Waals surface area contributed by atoms with Gasteiger partial charge in [-0.1, -0.05) is 0 Å². The molecule has 0 N–H and O–H groups in total. The first-order chi connectivity index (χ1) is 5.66. The van der Waals surface area contributed by atoms with Crippen molar-refractivity contribution in [3.63, 3.8) is 0 Å². The topological polar surface area (TPSA) is 12.9 Å². The van der Waals surface area contributed by atoms with Crippen LogP contribution >= 0.6 is 0 Å². The molecule has 1 aromatic heterocycles. The van der Waals surface area contributed by atoms with Gasteiger partial charge in [0.2, 0.25) is 0 Å². The molecule has 0 spiro atoms. The van der Waals surface area contributed by atoms with Crippen molar-refractivity contribution in [2.75, 3.05) is 0 Å². The summed E-state index contributed by atoms with van der Waals surface area (Å²) in [5.74, 6) is -1.03. The molecule has 0 aliphatic carbocycles. The number of hydrogen-bond acceptors (Lipinski definition) is 1. The van der Waals surface area contributed by atoms with E-state index in [4.69, 9.17) is 0 Å². The molecule has 0 unspecified atom stereocenters. The molecule has 0 saturated carbocycles. The van der Waals surface area contributed by atoms with Crippen molar-refractivity contribution >= 4 is 0 Å². The smallest absolute Gasteiger partial charge is 0.261 e. The highest BCUT2D eigenvalue weighted by Crippen LogP contribution is 2.24. The number of alkyl halides is 3. The van der Waals surface area contributed by atoms with Crippen LogP contribution < -0.4 is 0 Å². The van der Waals surface area contributed by atoms with Gasteiger partial charge in [0.15, 0.2) is 0 Å². The van der Waals surface area contributed by atoms with E-state index in [2.05, 4.69) is 4.98 Å². The average molecular weight is 179 g/mol. The first-order valence-corrected chi connectivity index (χ1v) is 3.13. The van der Waals surface area contributed by atoms with E-state index >= 15 is 0 Å². The lowest BCUT2D eigenvalue weighted by atomic mass is 10.1. The summed E-state index contributed by atoms with van der Waals surface area (Å²) >= 11 is 0. The Morgan fingerprint density at radius 1 is 1.33 bits per heavy atom. The van der Waals surface area contributed by atoms with E-state index < -0.39 is 30.0 Å². The van der Waals surface area contributed by atoms with Crippen LogP contribution in [0, 0.1) is 5.82 Å². The van der Waals surface area contributed by atoms with Crippen molar-refractivity contribution in [1.82, 2.24) is 4.98 Å². The van der Waals surface area contributed by atoms with Gasteiger partial charge in [0.1, 0.15) is 12.5 Å². The van der Waals surface area contributed by atoms with Crippen LogP contribution in [0.5, 0.6) is 0 Å². The highest BCUT2D eigenvalue weighted by atomic mass is 19.3. The third-order valence-corrected chi connectivity index (χ3v) is 1.41. The molecule has 0 radical (unpaired) electrons. The summed E-state index contributed by atoms with van der Waals surface area (Å²) < 4.78 is 48.6. The Labute approximate surface area is 66.0 Å². The van der Waals surface area contributed by atoms with E-state index in [9.17, 15) is 17.6 Å². The second-order valence-electron chi connectivity index (χ2n) is 2.12. The Kier molecular flexibility index (Phi) is 2.62. The molecule has 0 bridgehead atoms. The Bertz CT molecular complexity index is 274. The third-order valence-electron chi connectivity index (χ3n) is 1.41. The zero-order chi connectivity index (χ0) is 9.14. The Morgan fingerprint density at radius 3 is 2.42 bits per heavy atom. The van der Waals surface area contributed by atoms with Gasteiger partial charge in [0, 0.05) is 17.3 Å². The summed E-state index contributed by atoms with van der Waals surface area (Å²) in [5, 5.41) is 0. The number of nitrogens with zero attached hydrogens (tertiary/aromatic N) is 1. The molecule has 0 amide bonds. The number of halogens is 4. The highest BCUT2D eigenvalue weighted by molar-refractivity contribution is 5.25. The predicted octanol–water partition coefficient (Wildman–Crippen LogP) is 2.63. The van der Waals surface area contributed by atoms with Crippen LogP contribution in [0.1, 0.15) is 17.6 Å². The van der Waals surface area contributed by atoms with Gasteiger partial charge < -0.3 is 0 Å². The standard InChI is InChI=1S/C7H5F4N/c8-1-4-5(7(10)11)2-12-3-6(4)9/h2-3,7H,1H2. The summed E-state index contributed by atoms with van der Waals surface area (Å²) in [4.78, 5) is 3.19. The highest BCUT2D eigenvalue weighted by Gasteiger charge is 2.16. The summed E-state index contributed by atoms with van der Waals surface area (Å²) in [6, 6.07) is 0. The van der Waals surface area contributed by atoms with Crippen molar-refractivity contribution in [2.45, 2.75) is 13.1 Å². The molecule has 1 nitrogen and oxygen atoms in total. The van der Waals surface area contributed by atoms with E-state index in [0.717, 1.165) is 6.20 Å². The maximum Gasteiger partial charge on any atom is 0.265 e. The van der Waals surface area contributed by atoms with Gasteiger partial charge >= 0.3 is 0 Å². The molecule has 1 aromatic rings. The molecule has 66 valence electrons. The fraction of sp³-hybridized carbons (Fsp3) is 0.286. The monoisotopic (exact) mass is 179 g/mol. The number of hydrogen-bond donors (Lipinski definition) is 0. The molecule has 0 fully saturated rings. The summed E-state index contributed by atoms with van der Waals surface area (Å²) in [6.07, 6.45) is -1.41. The maximum atomic E-state index is 12.6. The zero-order valence-corrected chi connectivity index (χ0v) is 5.90. The molecule has 1 heterocycles. The van der Waals surface area contributed by atoms with Crippen LogP contribution in [-0.2, 0) is 6.67 Å². The zero-order valence-electron chi connectivity index (χ0n) is 5.90. The van der Waals surface area contributed by atoms with Gasteiger partial charge in [-0.3, -0.25) is 4.98 Å². The SMILES string of the molecule is FCc1c(F)cncc1C(F)F. The number of rotatable bonds is 2. The van der Waals surface area contributed by atoms with Gasteiger partial charge in [-0.25, -0.2) is 17.6 Å². The number of aromatic nitrogens is 1. The van der Waals surface area contributed by atoms with Gasteiger partial charge in [-0.05, 0) is 0 Å². The second kappa shape index (κ2) is 3.51. The Hall–Kier alpha value is -1.13. The fourth-order valence-electron chi connectivity index (χ4n) is 0.806. The van der Waals surface area contributed by atoms with Gasteiger partial charge in [-0.2, -0.15) is 0 Å². The van der Waals surface area contributed by atoms with Crippen LogP contribution in [0.25, 0.3) is 0 Å². The van der Waals surface area contributed by atoms with Gasteiger partial charge in [0.25, 0.3) is 6.43 Å². The maximum absolute atomic E-state index is 12.6.